The minimum absolute atomic E-state index is 0.118. The maximum Gasteiger partial charge on any atom is 0.166 e. The summed E-state index contributed by atoms with van der Waals surface area (Å²) in [5.41, 5.74) is 6.94. The maximum atomic E-state index is 13.7. The normalized spacial score (nSPS) is 15.5. The highest BCUT2D eigenvalue weighted by atomic mass is 19.1. The number of piperidine rings is 1. The Morgan fingerprint density at radius 1 is 1.12 bits per heavy atom. The largest absolute Gasteiger partial charge is 0.384 e. The van der Waals surface area contributed by atoms with Crippen molar-refractivity contribution in [2.75, 3.05) is 23.7 Å². The smallest absolute Gasteiger partial charge is 0.166 e. The van der Waals surface area contributed by atoms with E-state index < -0.39 is 0 Å². The fourth-order valence-electron chi connectivity index (χ4n) is 3.25. The first-order valence-corrected chi connectivity index (χ1v) is 8.68. The number of rotatable bonds is 4. The van der Waals surface area contributed by atoms with Crippen LogP contribution in [0.5, 0.6) is 0 Å². The van der Waals surface area contributed by atoms with Gasteiger partial charge < -0.3 is 15.4 Å². The van der Waals surface area contributed by atoms with E-state index in [1.165, 1.54) is 12.4 Å². The zero-order valence-electron chi connectivity index (χ0n) is 14.3. The number of benzene rings is 1. The average Bonchev–Trinajstić information content (AvgIpc) is 2.67. The van der Waals surface area contributed by atoms with Gasteiger partial charge in [0.25, 0.3) is 0 Å². The van der Waals surface area contributed by atoms with Crippen molar-refractivity contribution < 1.29 is 9.13 Å². The summed E-state index contributed by atoms with van der Waals surface area (Å²) in [5.74, 6) is 1.10. The van der Waals surface area contributed by atoms with Crippen LogP contribution in [-0.2, 0) is 11.3 Å². The summed E-state index contributed by atoms with van der Waals surface area (Å²) in [6, 6.07) is 10.4. The van der Waals surface area contributed by atoms with Gasteiger partial charge in [-0.15, -0.1) is 0 Å². The molecule has 1 saturated heterocycles. The lowest BCUT2D eigenvalue weighted by molar-refractivity contribution is 0.0237. The zero-order chi connectivity index (χ0) is 17.9. The minimum Gasteiger partial charge on any atom is -0.384 e. The lowest BCUT2D eigenvalue weighted by atomic mass is 10.1. The quantitative estimate of drug-likeness (QED) is 0.777. The van der Waals surface area contributed by atoms with Crippen molar-refractivity contribution in [2.45, 2.75) is 25.6 Å². The lowest BCUT2D eigenvalue weighted by Crippen LogP contribution is -2.37. The number of hydrogen-bond acceptors (Lipinski definition) is 6. The molecule has 4 rings (SSSR count). The number of anilines is 2. The Labute approximate surface area is 150 Å². The van der Waals surface area contributed by atoms with E-state index in [-0.39, 0.29) is 11.9 Å². The molecule has 1 aromatic carbocycles. The second-order valence-corrected chi connectivity index (χ2v) is 6.39. The van der Waals surface area contributed by atoms with Gasteiger partial charge in [0.2, 0.25) is 0 Å². The Kier molecular flexibility index (Phi) is 4.62. The van der Waals surface area contributed by atoms with E-state index in [9.17, 15) is 4.39 Å². The number of pyridine rings is 1. The van der Waals surface area contributed by atoms with E-state index >= 15 is 0 Å². The Morgan fingerprint density at radius 2 is 1.92 bits per heavy atom. The predicted octanol–water partition coefficient (Wildman–Crippen LogP) is 2.93. The van der Waals surface area contributed by atoms with Crippen molar-refractivity contribution in [3.8, 4) is 0 Å². The van der Waals surface area contributed by atoms with Crippen LogP contribution in [0.4, 0.5) is 16.0 Å². The Balaban J connectivity index is 1.40. The number of fused-ring (bicyclic) bond motifs is 1. The van der Waals surface area contributed by atoms with E-state index in [2.05, 4.69) is 19.9 Å². The van der Waals surface area contributed by atoms with Gasteiger partial charge in [0.15, 0.2) is 5.65 Å². The number of nitrogens with two attached hydrogens (primary N) is 1. The summed E-state index contributed by atoms with van der Waals surface area (Å²) in [7, 11) is 0. The first-order chi connectivity index (χ1) is 12.7. The van der Waals surface area contributed by atoms with Crippen molar-refractivity contribution in [2.24, 2.45) is 0 Å². The maximum absolute atomic E-state index is 13.7. The third-order valence-corrected chi connectivity index (χ3v) is 4.67. The van der Waals surface area contributed by atoms with E-state index in [4.69, 9.17) is 10.5 Å². The van der Waals surface area contributed by atoms with E-state index in [1.807, 2.05) is 12.1 Å². The molecule has 3 heterocycles. The SMILES string of the molecule is Nc1ccc2c(N3CCC(OCc4ccccc4F)CC3)ncnc2n1. The van der Waals surface area contributed by atoms with Crippen LogP contribution in [0, 0.1) is 5.82 Å². The fraction of sp³-hybridized carbons (Fsp3) is 0.316. The van der Waals surface area contributed by atoms with Crippen LogP contribution in [0.25, 0.3) is 11.0 Å². The predicted molar refractivity (Wildman–Crippen MR) is 98.2 cm³/mol. The lowest BCUT2D eigenvalue weighted by Gasteiger charge is -2.33. The number of nitrogen functional groups attached to an aromatic ring is 1. The first kappa shape index (κ1) is 16.7. The summed E-state index contributed by atoms with van der Waals surface area (Å²) in [6.45, 7) is 1.94. The fourth-order valence-corrected chi connectivity index (χ4v) is 3.25. The highest BCUT2D eigenvalue weighted by Gasteiger charge is 2.22. The number of halogens is 1. The van der Waals surface area contributed by atoms with Gasteiger partial charge >= 0.3 is 0 Å². The van der Waals surface area contributed by atoms with Crippen LogP contribution in [-0.4, -0.2) is 34.1 Å². The molecule has 0 atom stereocenters. The molecule has 6 nitrogen and oxygen atoms in total. The zero-order valence-corrected chi connectivity index (χ0v) is 14.3. The monoisotopic (exact) mass is 353 g/mol. The van der Waals surface area contributed by atoms with Crippen LogP contribution in [0.15, 0.2) is 42.7 Å². The van der Waals surface area contributed by atoms with Gasteiger partial charge in [-0.05, 0) is 31.0 Å². The number of ether oxygens (including phenoxy) is 1. The molecule has 134 valence electrons. The molecule has 0 aliphatic carbocycles. The van der Waals surface area contributed by atoms with Gasteiger partial charge in [0, 0.05) is 18.7 Å². The molecule has 0 amide bonds. The van der Waals surface area contributed by atoms with Crippen LogP contribution in [0.3, 0.4) is 0 Å². The second-order valence-electron chi connectivity index (χ2n) is 6.39. The number of aromatic nitrogens is 3. The van der Waals surface area contributed by atoms with Crippen molar-refractivity contribution in [3.05, 3.63) is 54.1 Å². The van der Waals surface area contributed by atoms with E-state index in [1.54, 1.807) is 18.2 Å². The van der Waals surface area contributed by atoms with Gasteiger partial charge in [-0.25, -0.2) is 19.3 Å². The average molecular weight is 353 g/mol. The summed E-state index contributed by atoms with van der Waals surface area (Å²) in [4.78, 5) is 15.1. The van der Waals surface area contributed by atoms with Crippen molar-refractivity contribution in [1.82, 2.24) is 15.0 Å². The van der Waals surface area contributed by atoms with Gasteiger partial charge in [0.05, 0.1) is 18.1 Å². The summed E-state index contributed by atoms with van der Waals surface area (Å²) in [6.07, 6.45) is 3.36. The summed E-state index contributed by atoms with van der Waals surface area (Å²) < 4.78 is 19.6. The molecule has 2 N–H and O–H groups in total. The van der Waals surface area contributed by atoms with Crippen molar-refractivity contribution in [1.29, 1.82) is 0 Å². The molecular weight excluding hydrogens is 333 g/mol. The van der Waals surface area contributed by atoms with Crippen LogP contribution < -0.4 is 10.6 Å². The Bertz CT molecular complexity index is 911. The van der Waals surface area contributed by atoms with Crippen LogP contribution in [0.1, 0.15) is 18.4 Å². The van der Waals surface area contributed by atoms with E-state index in [0.717, 1.165) is 37.1 Å². The van der Waals surface area contributed by atoms with E-state index in [0.29, 0.717) is 23.6 Å². The topological polar surface area (TPSA) is 77.2 Å². The molecule has 3 aromatic rings. The Hall–Kier alpha value is -2.80. The molecule has 1 aliphatic rings. The van der Waals surface area contributed by atoms with Gasteiger partial charge in [-0.1, -0.05) is 18.2 Å². The standard InChI is InChI=1S/C19H20FN5O/c20-16-4-2-1-3-13(16)11-26-14-7-9-25(10-8-14)19-15-5-6-17(21)24-18(15)22-12-23-19/h1-6,12,14H,7-11H2,(H2,21,22,23,24). The van der Waals surface area contributed by atoms with Gasteiger partial charge in [0.1, 0.15) is 23.8 Å². The third-order valence-electron chi connectivity index (χ3n) is 4.67. The third kappa shape index (κ3) is 3.43. The van der Waals surface area contributed by atoms with Crippen molar-refractivity contribution >= 4 is 22.7 Å². The molecule has 1 aliphatic heterocycles. The second kappa shape index (κ2) is 7.21. The molecular formula is C19H20FN5O. The molecule has 0 radical (unpaired) electrons. The van der Waals surface area contributed by atoms with Gasteiger partial charge in [-0.2, -0.15) is 0 Å². The first-order valence-electron chi connectivity index (χ1n) is 8.68. The number of nitrogens with zero attached hydrogens (tertiary/aromatic N) is 4. The summed E-state index contributed by atoms with van der Waals surface area (Å²) in [5, 5.41) is 0.896. The van der Waals surface area contributed by atoms with Gasteiger partial charge in [-0.3, -0.25) is 0 Å². The highest BCUT2D eigenvalue weighted by molar-refractivity contribution is 5.87. The molecule has 0 unspecified atom stereocenters. The molecule has 0 bridgehead atoms. The molecule has 0 spiro atoms. The Morgan fingerprint density at radius 3 is 2.73 bits per heavy atom. The molecule has 1 fully saturated rings. The van der Waals surface area contributed by atoms with Crippen LogP contribution in [0.2, 0.25) is 0 Å². The molecule has 0 saturated carbocycles. The molecule has 26 heavy (non-hydrogen) atoms. The minimum atomic E-state index is -0.218. The summed E-state index contributed by atoms with van der Waals surface area (Å²) >= 11 is 0. The molecule has 7 heteroatoms. The van der Waals surface area contributed by atoms with Crippen LogP contribution >= 0.6 is 0 Å². The van der Waals surface area contributed by atoms with Crippen molar-refractivity contribution in [3.63, 3.8) is 0 Å². The highest BCUT2D eigenvalue weighted by Crippen LogP contribution is 2.26. The molecule has 2 aromatic heterocycles. The number of hydrogen-bond donors (Lipinski definition) is 1.